The minimum atomic E-state index is -0.297. The highest BCUT2D eigenvalue weighted by molar-refractivity contribution is 6.10. The number of hydrogen-bond donors (Lipinski definition) is 1. The van der Waals surface area contributed by atoms with E-state index in [0.29, 0.717) is 48.2 Å². The molecule has 4 aromatic rings. The van der Waals surface area contributed by atoms with Crippen LogP contribution in [0.2, 0.25) is 0 Å². The maximum Gasteiger partial charge on any atom is 0.259 e. The van der Waals surface area contributed by atoms with Gasteiger partial charge in [0.05, 0.1) is 29.5 Å². The Morgan fingerprint density at radius 2 is 1.26 bits per heavy atom. The molecule has 0 radical (unpaired) electrons. The third-order valence-electron chi connectivity index (χ3n) is 7.69. The monoisotopic (exact) mass is 561 g/mol. The summed E-state index contributed by atoms with van der Waals surface area (Å²) in [6, 6.07) is 35.7. The van der Waals surface area contributed by atoms with Gasteiger partial charge in [0.2, 0.25) is 0 Å². The number of piperazine rings is 1. The Balaban J connectivity index is 1.28. The predicted octanol–water partition coefficient (Wildman–Crippen LogP) is 6.91. The molecule has 216 valence electrons. The molecule has 0 aliphatic carbocycles. The van der Waals surface area contributed by atoms with Crippen molar-refractivity contribution in [1.29, 1.82) is 0 Å². The molecule has 0 saturated carbocycles. The van der Waals surface area contributed by atoms with Crippen LogP contribution < -0.4 is 10.1 Å². The molecule has 0 unspecified atom stereocenters. The Bertz CT molecular complexity index is 1430. The van der Waals surface area contributed by atoms with Crippen molar-refractivity contribution in [3.8, 4) is 5.75 Å². The van der Waals surface area contributed by atoms with Crippen LogP contribution in [0, 0.1) is 5.92 Å². The molecule has 6 heteroatoms. The molecule has 5 rings (SSSR count). The summed E-state index contributed by atoms with van der Waals surface area (Å²) in [5.74, 6) is 0.673. The average molecular weight is 562 g/mol. The minimum absolute atomic E-state index is 0.0806. The number of nitrogens with one attached hydrogen (secondary N) is 1. The highest BCUT2D eigenvalue weighted by atomic mass is 16.5. The van der Waals surface area contributed by atoms with Crippen molar-refractivity contribution in [1.82, 2.24) is 9.80 Å². The number of anilines is 1. The number of carbonyl (C=O) groups is 2. The lowest BCUT2D eigenvalue weighted by atomic mass is 9.96. The summed E-state index contributed by atoms with van der Waals surface area (Å²) in [5, 5.41) is 2.98. The number of benzene rings is 4. The van der Waals surface area contributed by atoms with Crippen LogP contribution in [-0.4, -0.2) is 54.4 Å². The highest BCUT2D eigenvalue weighted by Gasteiger charge is 2.29. The molecule has 1 heterocycles. The second-order valence-electron chi connectivity index (χ2n) is 11.1. The third kappa shape index (κ3) is 7.07. The standard InChI is InChI=1S/C36H39N3O3/c1-27(2)21-26-42-33-20-12-10-18-31(33)35(40)37-32-19-11-9-17-30(32)36(41)39-24-22-38(23-25-39)34(28-13-5-3-6-14-28)29-15-7-4-8-16-29/h3-20,27,34H,21-26H2,1-2H3,(H,37,40). The largest absolute Gasteiger partial charge is 0.493 e. The number of ether oxygens (including phenoxy) is 1. The molecule has 0 bridgehead atoms. The smallest absolute Gasteiger partial charge is 0.259 e. The lowest BCUT2D eigenvalue weighted by molar-refractivity contribution is 0.0598. The van der Waals surface area contributed by atoms with Crippen LogP contribution in [0.1, 0.15) is 58.2 Å². The van der Waals surface area contributed by atoms with Gasteiger partial charge in [-0.25, -0.2) is 0 Å². The molecule has 1 aliphatic rings. The zero-order chi connectivity index (χ0) is 29.3. The van der Waals surface area contributed by atoms with Crippen LogP contribution in [0.3, 0.4) is 0 Å². The average Bonchev–Trinajstić information content (AvgIpc) is 3.02. The van der Waals surface area contributed by atoms with E-state index in [1.54, 1.807) is 18.2 Å². The van der Waals surface area contributed by atoms with Gasteiger partial charge in [-0.15, -0.1) is 0 Å². The van der Waals surface area contributed by atoms with Gasteiger partial charge in [-0.05, 0) is 47.7 Å². The van der Waals surface area contributed by atoms with E-state index in [4.69, 9.17) is 4.74 Å². The summed E-state index contributed by atoms with van der Waals surface area (Å²) in [6.07, 6.45) is 0.901. The first-order valence-electron chi connectivity index (χ1n) is 14.8. The molecule has 42 heavy (non-hydrogen) atoms. The fourth-order valence-electron chi connectivity index (χ4n) is 5.39. The molecule has 4 aromatic carbocycles. The van der Waals surface area contributed by atoms with Gasteiger partial charge in [-0.3, -0.25) is 14.5 Å². The zero-order valence-corrected chi connectivity index (χ0v) is 24.4. The van der Waals surface area contributed by atoms with Crippen molar-refractivity contribution in [3.63, 3.8) is 0 Å². The Labute approximate surface area is 248 Å². The highest BCUT2D eigenvalue weighted by Crippen LogP contribution is 2.30. The molecule has 1 saturated heterocycles. The van der Waals surface area contributed by atoms with E-state index in [0.717, 1.165) is 19.5 Å². The maximum absolute atomic E-state index is 13.8. The van der Waals surface area contributed by atoms with Gasteiger partial charge >= 0.3 is 0 Å². The van der Waals surface area contributed by atoms with E-state index in [2.05, 4.69) is 72.6 Å². The lowest BCUT2D eigenvalue weighted by Gasteiger charge is -2.40. The molecule has 6 nitrogen and oxygen atoms in total. The summed E-state index contributed by atoms with van der Waals surface area (Å²) >= 11 is 0. The number of carbonyl (C=O) groups excluding carboxylic acids is 2. The Morgan fingerprint density at radius 3 is 1.88 bits per heavy atom. The molecule has 2 amide bonds. The van der Waals surface area contributed by atoms with Crippen molar-refractivity contribution in [2.45, 2.75) is 26.3 Å². The first-order chi connectivity index (χ1) is 20.5. The van der Waals surface area contributed by atoms with Crippen LogP contribution >= 0.6 is 0 Å². The molecule has 0 aromatic heterocycles. The van der Waals surface area contributed by atoms with Crippen LogP contribution in [0.5, 0.6) is 5.75 Å². The Morgan fingerprint density at radius 1 is 0.714 bits per heavy atom. The van der Waals surface area contributed by atoms with Crippen LogP contribution in [0.25, 0.3) is 0 Å². The van der Waals surface area contributed by atoms with E-state index >= 15 is 0 Å². The van der Waals surface area contributed by atoms with Gasteiger partial charge in [-0.1, -0.05) is 98.8 Å². The summed E-state index contributed by atoms with van der Waals surface area (Å²) < 4.78 is 5.93. The summed E-state index contributed by atoms with van der Waals surface area (Å²) in [6.45, 7) is 7.51. The van der Waals surface area contributed by atoms with Gasteiger partial charge in [0.1, 0.15) is 5.75 Å². The molecular formula is C36H39N3O3. The third-order valence-corrected chi connectivity index (χ3v) is 7.69. The second-order valence-corrected chi connectivity index (χ2v) is 11.1. The minimum Gasteiger partial charge on any atom is -0.493 e. The summed E-state index contributed by atoms with van der Waals surface area (Å²) in [7, 11) is 0. The molecular weight excluding hydrogens is 522 g/mol. The first kappa shape index (κ1) is 29.1. The van der Waals surface area contributed by atoms with E-state index in [-0.39, 0.29) is 17.9 Å². The quantitative estimate of drug-likeness (QED) is 0.229. The molecule has 1 fully saturated rings. The SMILES string of the molecule is CC(C)CCOc1ccccc1C(=O)Nc1ccccc1C(=O)N1CCN(C(c2ccccc2)c2ccccc2)CC1. The van der Waals surface area contributed by atoms with Gasteiger partial charge in [0.15, 0.2) is 0 Å². The number of hydrogen-bond acceptors (Lipinski definition) is 4. The van der Waals surface area contributed by atoms with Crippen molar-refractivity contribution in [3.05, 3.63) is 131 Å². The number of para-hydroxylation sites is 2. The van der Waals surface area contributed by atoms with E-state index in [9.17, 15) is 9.59 Å². The van der Waals surface area contributed by atoms with Gasteiger partial charge in [0.25, 0.3) is 11.8 Å². The first-order valence-corrected chi connectivity index (χ1v) is 14.8. The molecule has 1 aliphatic heterocycles. The summed E-state index contributed by atoms with van der Waals surface area (Å²) in [4.78, 5) is 31.4. The van der Waals surface area contributed by atoms with Crippen LogP contribution in [0.4, 0.5) is 5.69 Å². The molecule has 0 spiro atoms. The lowest BCUT2D eigenvalue weighted by Crippen LogP contribution is -2.50. The van der Waals surface area contributed by atoms with E-state index < -0.39 is 0 Å². The second kappa shape index (κ2) is 14.0. The molecule has 0 atom stereocenters. The topological polar surface area (TPSA) is 61.9 Å². The molecule has 1 N–H and O–H groups in total. The number of nitrogens with zero attached hydrogens (tertiary/aromatic N) is 2. The summed E-state index contributed by atoms with van der Waals surface area (Å²) in [5.41, 5.74) is 3.92. The Kier molecular flexibility index (Phi) is 9.67. The number of amides is 2. The van der Waals surface area contributed by atoms with Gasteiger partial charge in [0, 0.05) is 26.2 Å². The Hall–Kier alpha value is -4.42. The van der Waals surface area contributed by atoms with Crippen LogP contribution in [-0.2, 0) is 0 Å². The maximum atomic E-state index is 13.8. The normalized spacial score (nSPS) is 13.8. The fraction of sp³-hybridized carbons (Fsp3) is 0.278. The van der Waals surface area contributed by atoms with Gasteiger partial charge < -0.3 is 15.0 Å². The predicted molar refractivity (Wildman–Crippen MR) is 168 cm³/mol. The zero-order valence-electron chi connectivity index (χ0n) is 24.4. The van der Waals surface area contributed by atoms with Gasteiger partial charge in [-0.2, -0.15) is 0 Å². The van der Waals surface area contributed by atoms with Crippen LogP contribution in [0.15, 0.2) is 109 Å². The van der Waals surface area contributed by atoms with Crippen molar-refractivity contribution < 1.29 is 14.3 Å². The van der Waals surface area contributed by atoms with E-state index in [1.807, 2.05) is 47.4 Å². The fourth-order valence-corrected chi connectivity index (χ4v) is 5.39. The van der Waals surface area contributed by atoms with E-state index in [1.165, 1.54) is 11.1 Å². The van der Waals surface area contributed by atoms with Crippen molar-refractivity contribution >= 4 is 17.5 Å². The van der Waals surface area contributed by atoms with Crippen molar-refractivity contribution in [2.24, 2.45) is 5.92 Å². The van der Waals surface area contributed by atoms with Crippen molar-refractivity contribution in [2.75, 3.05) is 38.1 Å². The number of rotatable bonds is 10.